The van der Waals surface area contributed by atoms with Gasteiger partial charge >= 0.3 is 0 Å². The molecule has 0 amide bonds. The van der Waals surface area contributed by atoms with Crippen molar-refractivity contribution >= 4 is 15.8 Å². The van der Waals surface area contributed by atoms with Crippen molar-refractivity contribution in [2.24, 2.45) is 0 Å². The SMILES string of the molecule is Cc1c(C(=O)[O-])cc(S(C)(=O)=O)c(-n2cccc2)c1C. The predicted molar refractivity (Wildman–Crippen MR) is 72.7 cm³/mol. The average molecular weight is 292 g/mol. The van der Waals surface area contributed by atoms with E-state index in [0.29, 0.717) is 16.8 Å². The van der Waals surface area contributed by atoms with Crippen molar-refractivity contribution in [1.29, 1.82) is 0 Å². The lowest BCUT2D eigenvalue weighted by atomic mass is 10.0. The smallest absolute Gasteiger partial charge is 0.177 e. The molecule has 0 N–H and O–H groups in total. The van der Waals surface area contributed by atoms with Crippen LogP contribution in [-0.2, 0) is 9.84 Å². The van der Waals surface area contributed by atoms with Crippen LogP contribution in [0.3, 0.4) is 0 Å². The van der Waals surface area contributed by atoms with E-state index in [1.807, 2.05) is 0 Å². The largest absolute Gasteiger partial charge is 0.545 e. The second-order valence-electron chi connectivity index (χ2n) is 4.67. The number of nitrogens with zero attached hydrogens (tertiary/aromatic N) is 1. The van der Waals surface area contributed by atoms with Crippen molar-refractivity contribution in [2.75, 3.05) is 6.26 Å². The molecule has 6 heteroatoms. The van der Waals surface area contributed by atoms with Crippen molar-refractivity contribution in [1.82, 2.24) is 4.57 Å². The van der Waals surface area contributed by atoms with Crippen LogP contribution in [0.2, 0.25) is 0 Å². The Bertz CT molecular complexity index is 774. The molecule has 5 nitrogen and oxygen atoms in total. The van der Waals surface area contributed by atoms with Gasteiger partial charge in [0.1, 0.15) is 0 Å². The number of carboxylic acids is 1. The van der Waals surface area contributed by atoms with E-state index in [1.165, 1.54) is 6.07 Å². The molecule has 0 fully saturated rings. The zero-order valence-corrected chi connectivity index (χ0v) is 12.2. The Morgan fingerprint density at radius 1 is 1.15 bits per heavy atom. The summed E-state index contributed by atoms with van der Waals surface area (Å²) in [6.07, 6.45) is 4.49. The second kappa shape index (κ2) is 4.79. The Kier molecular flexibility index (Phi) is 3.43. The van der Waals surface area contributed by atoms with Crippen LogP contribution in [0.4, 0.5) is 0 Å². The first-order chi connectivity index (χ1) is 9.23. The number of hydrogen-bond acceptors (Lipinski definition) is 4. The Morgan fingerprint density at radius 3 is 2.15 bits per heavy atom. The van der Waals surface area contributed by atoms with Gasteiger partial charge in [-0.3, -0.25) is 0 Å². The van der Waals surface area contributed by atoms with Crippen molar-refractivity contribution in [2.45, 2.75) is 18.7 Å². The third-order valence-corrected chi connectivity index (χ3v) is 4.42. The highest BCUT2D eigenvalue weighted by Crippen LogP contribution is 2.29. The zero-order chi connectivity index (χ0) is 15.1. The summed E-state index contributed by atoms with van der Waals surface area (Å²) in [5.74, 6) is -1.38. The first-order valence-electron chi connectivity index (χ1n) is 5.92. The Balaban J connectivity index is 2.93. The van der Waals surface area contributed by atoms with Gasteiger partial charge in [0.25, 0.3) is 0 Å². The quantitative estimate of drug-likeness (QED) is 0.840. The van der Waals surface area contributed by atoms with Crippen molar-refractivity contribution in [3.8, 4) is 5.69 Å². The summed E-state index contributed by atoms with van der Waals surface area (Å²) in [6.45, 7) is 3.34. The Labute approximate surface area is 117 Å². The molecule has 0 radical (unpaired) electrons. The molecule has 1 aromatic heterocycles. The number of benzene rings is 1. The first kappa shape index (κ1) is 14.3. The van der Waals surface area contributed by atoms with Crippen LogP contribution < -0.4 is 5.11 Å². The lowest BCUT2D eigenvalue weighted by molar-refractivity contribution is -0.255. The van der Waals surface area contributed by atoms with Gasteiger partial charge in [-0.05, 0) is 43.2 Å². The molecule has 0 saturated carbocycles. The van der Waals surface area contributed by atoms with Crippen molar-refractivity contribution in [3.05, 3.63) is 47.3 Å². The van der Waals surface area contributed by atoms with E-state index in [2.05, 4.69) is 0 Å². The molecule has 0 atom stereocenters. The molecule has 0 unspecified atom stereocenters. The lowest BCUT2D eigenvalue weighted by Crippen LogP contribution is -2.24. The number of rotatable bonds is 3. The van der Waals surface area contributed by atoms with Gasteiger partial charge in [-0.25, -0.2) is 8.42 Å². The molecule has 1 heterocycles. The fourth-order valence-corrected chi connectivity index (χ4v) is 3.11. The van der Waals surface area contributed by atoms with Crippen LogP contribution >= 0.6 is 0 Å². The number of hydrogen-bond donors (Lipinski definition) is 0. The van der Waals surface area contributed by atoms with Gasteiger partial charge in [-0.2, -0.15) is 0 Å². The maximum Gasteiger partial charge on any atom is 0.177 e. The number of aromatic carboxylic acids is 1. The zero-order valence-electron chi connectivity index (χ0n) is 11.4. The lowest BCUT2D eigenvalue weighted by Gasteiger charge is -2.19. The van der Waals surface area contributed by atoms with Crippen LogP contribution in [0.5, 0.6) is 0 Å². The summed E-state index contributed by atoms with van der Waals surface area (Å²) >= 11 is 0. The minimum absolute atomic E-state index is 0.0176. The van der Waals surface area contributed by atoms with Gasteiger partial charge in [0.2, 0.25) is 0 Å². The highest BCUT2D eigenvalue weighted by Gasteiger charge is 2.20. The predicted octanol–water partition coefficient (Wildman–Crippen LogP) is 0.861. The molecule has 0 aliphatic rings. The minimum atomic E-state index is -3.57. The van der Waals surface area contributed by atoms with E-state index >= 15 is 0 Å². The fourth-order valence-electron chi connectivity index (χ4n) is 2.17. The molecular formula is C14H14NO4S-. The third-order valence-electron chi connectivity index (χ3n) is 3.31. The third kappa shape index (κ3) is 2.34. The second-order valence-corrected chi connectivity index (χ2v) is 6.65. The van der Waals surface area contributed by atoms with Gasteiger partial charge in [0.15, 0.2) is 9.84 Å². The molecule has 1 aromatic carbocycles. The summed E-state index contributed by atoms with van der Waals surface area (Å²) in [6, 6.07) is 4.71. The Morgan fingerprint density at radius 2 is 1.70 bits per heavy atom. The van der Waals surface area contributed by atoms with Gasteiger partial charge in [-0.15, -0.1) is 0 Å². The molecule has 2 aromatic rings. The molecule has 0 aliphatic heterocycles. The van der Waals surface area contributed by atoms with E-state index in [4.69, 9.17) is 0 Å². The van der Waals surface area contributed by atoms with E-state index in [9.17, 15) is 18.3 Å². The topological polar surface area (TPSA) is 79.2 Å². The van der Waals surface area contributed by atoms with E-state index in [0.717, 1.165) is 6.26 Å². The van der Waals surface area contributed by atoms with Gasteiger partial charge in [-0.1, -0.05) is 0 Å². The molecule has 0 saturated heterocycles. The molecule has 2 rings (SSSR count). The highest BCUT2D eigenvalue weighted by atomic mass is 32.2. The van der Waals surface area contributed by atoms with Crippen molar-refractivity contribution < 1.29 is 18.3 Å². The summed E-state index contributed by atoms with van der Waals surface area (Å²) in [5, 5.41) is 11.1. The molecule has 20 heavy (non-hydrogen) atoms. The van der Waals surface area contributed by atoms with Crippen molar-refractivity contribution in [3.63, 3.8) is 0 Å². The maximum absolute atomic E-state index is 12.0. The molecular weight excluding hydrogens is 278 g/mol. The molecule has 0 bridgehead atoms. The van der Waals surface area contributed by atoms with Gasteiger partial charge in [0, 0.05) is 24.2 Å². The number of carbonyl (C=O) groups excluding carboxylic acids is 1. The van der Waals surface area contributed by atoms with E-state index < -0.39 is 15.8 Å². The van der Waals surface area contributed by atoms with Crippen LogP contribution in [-0.4, -0.2) is 25.2 Å². The summed E-state index contributed by atoms with van der Waals surface area (Å²) in [7, 11) is -3.57. The van der Waals surface area contributed by atoms with Gasteiger partial charge < -0.3 is 14.5 Å². The standard InChI is InChI=1S/C14H15NO4S/c1-9-10(2)13(15-6-4-5-7-15)12(20(3,18)19)8-11(9)14(16)17/h4-8H,1-3H3,(H,16,17)/p-1. The molecule has 106 valence electrons. The summed E-state index contributed by atoms with van der Waals surface area (Å²) in [5.41, 5.74) is 1.48. The maximum atomic E-state index is 12.0. The minimum Gasteiger partial charge on any atom is -0.545 e. The monoisotopic (exact) mass is 292 g/mol. The van der Waals surface area contributed by atoms with Crippen LogP contribution in [0, 0.1) is 13.8 Å². The number of carboxylic acid groups (broad SMARTS) is 1. The Hall–Kier alpha value is -2.08. The van der Waals surface area contributed by atoms with Crippen LogP contribution in [0.15, 0.2) is 35.5 Å². The molecule has 0 aliphatic carbocycles. The normalized spacial score (nSPS) is 11.6. The first-order valence-corrected chi connectivity index (χ1v) is 7.81. The molecule has 0 spiro atoms. The van der Waals surface area contributed by atoms with E-state index in [1.54, 1.807) is 42.9 Å². The number of aromatic nitrogens is 1. The van der Waals surface area contributed by atoms with Gasteiger partial charge in [0.05, 0.1) is 16.6 Å². The van der Waals surface area contributed by atoms with Crippen LogP contribution in [0.1, 0.15) is 21.5 Å². The van der Waals surface area contributed by atoms with E-state index in [-0.39, 0.29) is 10.5 Å². The van der Waals surface area contributed by atoms with Crippen LogP contribution in [0.25, 0.3) is 5.69 Å². The highest BCUT2D eigenvalue weighted by molar-refractivity contribution is 7.90. The average Bonchev–Trinajstić information content (AvgIpc) is 2.83. The number of sulfone groups is 1. The fraction of sp³-hybridized carbons (Fsp3) is 0.214. The summed E-state index contributed by atoms with van der Waals surface area (Å²) in [4.78, 5) is 11.1. The number of carbonyl (C=O) groups is 1. The summed E-state index contributed by atoms with van der Waals surface area (Å²) < 4.78 is 25.6.